The summed E-state index contributed by atoms with van der Waals surface area (Å²) in [5, 5.41) is 3.07. The topological polar surface area (TPSA) is 55.1 Å². The Bertz CT molecular complexity index is 218. The van der Waals surface area contributed by atoms with Crippen LogP contribution in [0.5, 0.6) is 0 Å². The maximum absolute atomic E-state index is 11.6. The molecule has 0 aromatic carbocycles. The maximum Gasteiger partial charge on any atom is 0.220 e. The van der Waals surface area contributed by atoms with E-state index in [0.717, 1.165) is 50.6 Å². The first kappa shape index (κ1) is 14.5. The zero-order chi connectivity index (χ0) is 12.5. The number of carbonyl (C=O) groups excluding carboxylic acids is 1. The van der Waals surface area contributed by atoms with Crippen molar-refractivity contribution >= 4 is 5.91 Å². The normalized spacial score (nSPS) is 23.9. The summed E-state index contributed by atoms with van der Waals surface area (Å²) >= 11 is 0. The average Bonchev–Trinajstić information content (AvgIpc) is 2.72. The monoisotopic (exact) mass is 240 g/mol. The smallest absolute Gasteiger partial charge is 0.220 e. The molecule has 2 unspecified atom stereocenters. The molecule has 1 aliphatic carbocycles. The maximum atomic E-state index is 11.6. The van der Waals surface area contributed by atoms with Crippen LogP contribution >= 0.6 is 0 Å². The van der Waals surface area contributed by atoms with Gasteiger partial charge in [-0.05, 0) is 44.1 Å². The van der Waals surface area contributed by atoms with Crippen LogP contribution in [-0.4, -0.2) is 19.0 Å². The Morgan fingerprint density at radius 3 is 2.65 bits per heavy atom. The molecule has 0 bridgehead atoms. The summed E-state index contributed by atoms with van der Waals surface area (Å²) < 4.78 is 0. The highest BCUT2D eigenvalue weighted by atomic mass is 16.1. The molecule has 1 saturated carbocycles. The second-order valence-electron chi connectivity index (χ2n) is 5.54. The molecule has 3 nitrogen and oxygen atoms in total. The van der Waals surface area contributed by atoms with E-state index in [1.807, 2.05) is 0 Å². The molecule has 17 heavy (non-hydrogen) atoms. The number of amides is 1. The number of nitrogens with one attached hydrogen (secondary N) is 1. The van der Waals surface area contributed by atoms with Gasteiger partial charge < -0.3 is 11.1 Å². The second kappa shape index (κ2) is 8.51. The molecule has 0 aromatic heterocycles. The van der Waals surface area contributed by atoms with Crippen LogP contribution in [0.1, 0.15) is 58.3 Å². The van der Waals surface area contributed by atoms with Gasteiger partial charge in [0.05, 0.1) is 0 Å². The Morgan fingerprint density at radius 2 is 2.00 bits per heavy atom. The molecule has 1 aliphatic rings. The van der Waals surface area contributed by atoms with Crippen LogP contribution in [0, 0.1) is 11.8 Å². The Kier molecular flexibility index (Phi) is 7.25. The van der Waals surface area contributed by atoms with Crippen molar-refractivity contribution in [2.45, 2.75) is 58.3 Å². The molecule has 1 fully saturated rings. The number of rotatable bonds is 8. The van der Waals surface area contributed by atoms with Gasteiger partial charge in [-0.15, -0.1) is 0 Å². The lowest BCUT2D eigenvalue weighted by Crippen LogP contribution is -2.28. The fraction of sp³-hybridized carbons (Fsp3) is 0.929. The van der Waals surface area contributed by atoms with E-state index < -0.39 is 0 Å². The highest BCUT2D eigenvalue weighted by Crippen LogP contribution is 2.29. The van der Waals surface area contributed by atoms with E-state index in [0.29, 0.717) is 6.42 Å². The summed E-state index contributed by atoms with van der Waals surface area (Å²) in [6.07, 6.45) is 8.98. The van der Waals surface area contributed by atoms with E-state index in [1.54, 1.807) is 0 Å². The molecule has 0 heterocycles. The van der Waals surface area contributed by atoms with Gasteiger partial charge in [-0.25, -0.2) is 0 Å². The first-order valence-corrected chi connectivity index (χ1v) is 7.19. The highest BCUT2D eigenvalue weighted by Gasteiger charge is 2.21. The van der Waals surface area contributed by atoms with Crippen LogP contribution in [-0.2, 0) is 4.79 Å². The molecule has 1 amide bonds. The second-order valence-corrected chi connectivity index (χ2v) is 5.54. The number of nitrogens with two attached hydrogens (primary N) is 1. The fourth-order valence-corrected chi connectivity index (χ4v) is 2.64. The summed E-state index contributed by atoms with van der Waals surface area (Å²) in [6, 6.07) is 0. The third kappa shape index (κ3) is 6.67. The van der Waals surface area contributed by atoms with E-state index in [1.165, 1.54) is 19.3 Å². The van der Waals surface area contributed by atoms with Gasteiger partial charge in [-0.2, -0.15) is 0 Å². The van der Waals surface area contributed by atoms with E-state index in [9.17, 15) is 4.79 Å². The zero-order valence-electron chi connectivity index (χ0n) is 11.2. The van der Waals surface area contributed by atoms with E-state index in [-0.39, 0.29) is 5.91 Å². The minimum Gasteiger partial charge on any atom is -0.356 e. The summed E-state index contributed by atoms with van der Waals surface area (Å²) in [6.45, 7) is 3.97. The molecule has 3 heteroatoms. The molecule has 2 atom stereocenters. The van der Waals surface area contributed by atoms with Gasteiger partial charge in [0.2, 0.25) is 5.91 Å². The minimum absolute atomic E-state index is 0.234. The van der Waals surface area contributed by atoms with Gasteiger partial charge in [0.25, 0.3) is 0 Å². The summed E-state index contributed by atoms with van der Waals surface area (Å²) in [4.78, 5) is 11.6. The van der Waals surface area contributed by atoms with Crippen molar-refractivity contribution in [1.29, 1.82) is 0 Å². The number of unbranched alkanes of at least 4 members (excludes halogenated alkanes) is 3. The summed E-state index contributed by atoms with van der Waals surface area (Å²) in [7, 11) is 0. The Morgan fingerprint density at radius 1 is 1.24 bits per heavy atom. The summed E-state index contributed by atoms with van der Waals surface area (Å²) in [5.74, 6) is 1.82. The number of hydrogen-bond donors (Lipinski definition) is 2. The van der Waals surface area contributed by atoms with Crippen LogP contribution < -0.4 is 11.1 Å². The van der Waals surface area contributed by atoms with Crippen molar-refractivity contribution in [3.63, 3.8) is 0 Å². The molecule has 0 aromatic rings. The Labute approximate surface area is 106 Å². The van der Waals surface area contributed by atoms with Crippen molar-refractivity contribution < 1.29 is 4.79 Å². The lowest BCUT2D eigenvalue weighted by Gasteiger charge is -2.11. The fourth-order valence-electron chi connectivity index (χ4n) is 2.64. The standard InChI is InChI=1S/C14H28N2O/c1-12-7-8-13(10-12)11-16-14(17)6-4-2-3-5-9-15/h12-13H,2-11,15H2,1H3,(H,16,17). The first-order valence-electron chi connectivity index (χ1n) is 7.19. The van der Waals surface area contributed by atoms with Gasteiger partial charge in [-0.3, -0.25) is 4.79 Å². The molecule has 0 aliphatic heterocycles. The third-order valence-corrected chi connectivity index (χ3v) is 3.75. The van der Waals surface area contributed by atoms with Crippen LogP contribution in [0.25, 0.3) is 0 Å². The van der Waals surface area contributed by atoms with Crippen molar-refractivity contribution in [3.05, 3.63) is 0 Å². The average molecular weight is 240 g/mol. The van der Waals surface area contributed by atoms with Crippen LogP contribution in [0.15, 0.2) is 0 Å². The largest absolute Gasteiger partial charge is 0.356 e. The van der Waals surface area contributed by atoms with E-state index in [4.69, 9.17) is 5.73 Å². The Hall–Kier alpha value is -0.570. The van der Waals surface area contributed by atoms with Gasteiger partial charge in [0.1, 0.15) is 0 Å². The number of carbonyl (C=O) groups is 1. The molecule has 1 rings (SSSR count). The van der Waals surface area contributed by atoms with E-state index >= 15 is 0 Å². The van der Waals surface area contributed by atoms with Crippen molar-refractivity contribution in [2.24, 2.45) is 17.6 Å². The van der Waals surface area contributed by atoms with Crippen molar-refractivity contribution in [2.75, 3.05) is 13.1 Å². The molecule has 100 valence electrons. The highest BCUT2D eigenvalue weighted by molar-refractivity contribution is 5.75. The minimum atomic E-state index is 0.234. The molecule has 0 radical (unpaired) electrons. The molecule has 0 spiro atoms. The van der Waals surface area contributed by atoms with Crippen molar-refractivity contribution in [3.8, 4) is 0 Å². The first-order chi connectivity index (χ1) is 8.22. The van der Waals surface area contributed by atoms with Crippen LogP contribution in [0.3, 0.4) is 0 Å². The predicted octanol–water partition coefficient (Wildman–Crippen LogP) is 2.45. The lowest BCUT2D eigenvalue weighted by molar-refractivity contribution is -0.121. The lowest BCUT2D eigenvalue weighted by atomic mass is 10.1. The Balaban J connectivity index is 1.94. The molecule has 0 saturated heterocycles. The van der Waals surface area contributed by atoms with Gasteiger partial charge in [0, 0.05) is 13.0 Å². The van der Waals surface area contributed by atoms with Crippen molar-refractivity contribution in [1.82, 2.24) is 5.32 Å². The molecule has 3 N–H and O–H groups in total. The van der Waals surface area contributed by atoms with Gasteiger partial charge >= 0.3 is 0 Å². The number of hydrogen-bond acceptors (Lipinski definition) is 2. The van der Waals surface area contributed by atoms with Gasteiger partial charge in [0.15, 0.2) is 0 Å². The molecular formula is C14H28N2O. The van der Waals surface area contributed by atoms with Crippen LogP contribution in [0.2, 0.25) is 0 Å². The molecular weight excluding hydrogens is 212 g/mol. The summed E-state index contributed by atoms with van der Waals surface area (Å²) in [5.41, 5.74) is 5.42. The quantitative estimate of drug-likeness (QED) is 0.640. The van der Waals surface area contributed by atoms with Gasteiger partial charge in [-0.1, -0.05) is 26.2 Å². The predicted molar refractivity (Wildman–Crippen MR) is 71.7 cm³/mol. The van der Waals surface area contributed by atoms with E-state index in [2.05, 4.69) is 12.2 Å². The SMILES string of the molecule is CC1CCC(CNC(=O)CCCCCCN)C1. The van der Waals surface area contributed by atoms with Crippen LogP contribution in [0.4, 0.5) is 0 Å². The third-order valence-electron chi connectivity index (χ3n) is 3.75. The zero-order valence-corrected chi connectivity index (χ0v) is 11.2.